The maximum atomic E-state index is 15.5. The molecular weight excluding hydrogens is 471 g/mol. The molecule has 1 aliphatic heterocycles. The molecule has 4 rings (SSSR count). The molecule has 4 N–H and O–H groups in total. The number of anilines is 1. The average molecular weight is 503 g/mol. The fourth-order valence-electron chi connectivity index (χ4n) is 4.77. The maximum Gasteiger partial charge on any atom is 0.341 e. The molecule has 1 aromatic heterocycles. The number of benzene rings is 1. The third kappa shape index (κ3) is 4.99. The highest BCUT2D eigenvalue weighted by atomic mass is 19.1. The molecule has 2 heterocycles. The highest BCUT2D eigenvalue weighted by molar-refractivity contribution is 5.97. The molecule has 11 nitrogen and oxygen atoms in total. The van der Waals surface area contributed by atoms with Crippen LogP contribution >= 0.6 is 0 Å². The van der Waals surface area contributed by atoms with Gasteiger partial charge in [0.25, 0.3) is 0 Å². The van der Waals surface area contributed by atoms with Gasteiger partial charge in [0.2, 0.25) is 5.43 Å². The number of nitrogens with zero attached hydrogens (tertiary/aromatic N) is 4. The van der Waals surface area contributed by atoms with Crippen LogP contribution in [0.1, 0.15) is 49.5 Å². The van der Waals surface area contributed by atoms with Crippen molar-refractivity contribution in [3.8, 4) is 5.75 Å². The summed E-state index contributed by atoms with van der Waals surface area (Å²) in [5.41, 5.74) is 7.61. The van der Waals surface area contributed by atoms with Crippen molar-refractivity contribution in [2.24, 2.45) is 10.8 Å². The molecule has 1 atom stereocenters. The summed E-state index contributed by atoms with van der Waals surface area (Å²) in [6.07, 6.45) is 3.69. The fourth-order valence-corrected chi connectivity index (χ4v) is 4.77. The summed E-state index contributed by atoms with van der Waals surface area (Å²) < 4.78 is 23.0. The van der Waals surface area contributed by atoms with Gasteiger partial charge >= 0.3 is 12.0 Å². The van der Waals surface area contributed by atoms with Crippen LogP contribution in [0, 0.1) is 5.82 Å². The normalized spacial score (nSPS) is 18.9. The Morgan fingerprint density at radius 1 is 1.33 bits per heavy atom. The Balaban J connectivity index is 1.64. The number of hydrazone groups is 1. The topological polar surface area (TPSA) is 142 Å². The van der Waals surface area contributed by atoms with E-state index in [1.54, 1.807) is 11.5 Å². The molecule has 0 radical (unpaired) electrons. The quantitative estimate of drug-likeness (QED) is 0.371. The molecule has 2 fully saturated rings. The minimum atomic E-state index is -1.34. The zero-order valence-corrected chi connectivity index (χ0v) is 20.6. The van der Waals surface area contributed by atoms with E-state index in [0.717, 1.165) is 24.6 Å². The van der Waals surface area contributed by atoms with Crippen molar-refractivity contribution in [2.75, 3.05) is 38.2 Å². The number of aromatic nitrogens is 1. The first-order chi connectivity index (χ1) is 17.1. The number of primary amides is 1. The number of aromatic carboxylic acids is 1. The largest absolute Gasteiger partial charge is 0.492 e. The van der Waals surface area contributed by atoms with Crippen molar-refractivity contribution < 1.29 is 23.8 Å². The number of methoxy groups -OCH3 is 1. The van der Waals surface area contributed by atoms with Gasteiger partial charge in [0.05, 0.1) is 18.0 Å². The number of urea groups is 1. The smallest absolute Gasteiger partial charge is 0.341 e. The molecule has 1 saturated heterocycles. The minimum Gasteiger partial charge on any atom is -0.492 e. The highest BCUT2D eigenvalue weighted by Gasteiger charge is 2.33. The van der Waals surface area contributed by atoms with E-state index in [0.29, 0.717) is 38.1 Å². The summed E-state index contributed by atoms with van der Waals surface area (Å²) >= 11 is 0. The lowest BCUT2D eigenvalue weighted by molar-refractivity contribution is 0.0694. The second-order valence-electron chi connectivity index (χ2n) is 9.36. The van der Waals surface area contributed by atoms with Crippen LogP contribution < -0.4 is 26.2 Å². The molecule has 1 saturated carbocycles. The zero-order valence-electron chi connectivity index (χ0n) is 20.6. The molecule has 1 aromatic carbocycles. The summed E-state index contributed by atoms with van der Waals surface area (Å²) in [7, 11) is 1.44. The second kappa shape index (κ2) is 10.1. The number of hydrogen-bond acceptors (Lipinski definition) is 7. The number of ether oxygens (including phenoxy) is 1. The number of carboxylic acid groups (broad SMARTS) is 1. The van der Waals surface area contributed by atoms with E-state index < -0.39 is 23.2 Å². The number of piperazine rings is 1. The van der Waals surface area contributed by atoms with E-state index in [1.807, 2.05) is 11.8 Å². The second-order valence-corrected chi connectivity index (χ2v) is 9.36. The lowest BCUT2D eigenvalue weighted by Gasteiger charge is -2.41. The van der Waals surface area contributed by atoms with Crippen molar-refractivity contribution in [1.29, 1.82) is 0 Å². The standard InChI is InChI=1S/C24H31FN6O5/c1-13(27-28-24(26)35)6-7-29-8-9-30(11-14(29)2)20-18(25)10-16-19(22(20)36-3)31(15-4-5-15)12-17(21(16)32)23(33)34/h10,12,14-15H,4-9,11H2,1-3H3,(H,33,34)(H3,26,28,35)/b27-13+. The SMILES string of the molecule is COc1c(N2CCN(CC/C(C)=N/NC(N)=O)C(C)C2)c(F)cc2c(=O)c(C(=O)O)cn(C3CC3)c12. The van der Waals surface area contributed by atoms with Gasteiger partial charge in [-0.2, -0.15) is 5.10 Å². The summed E-state index contributed by atoms with van der Waals surface area (Å²) in [6, 6.07) is 0.552. The lowest BCUT2D eigenvalue weighted by Crippen LogP contribution is -2.52. The van der Waals surface area contributed by atoms with Crippen LogP contribution in [-0.2, 0) is 0 Å². The molecule has 0 bridgehead atoms. The summed E-state index contributed by atoms with van der Waals surface area (Å²) in [6.45, 7) is 6.27. The number of carbonyl (C=O) groups is 2. The Bertz CT molecular complexity index is 1290. The van der Waals surface area contributed by atoms with Gasteiger partial charge < -0.3 is 25.0 Å². The predicted molar refractivity (Wildman–Crippen MR) is 134 cm³/mol. The van der Waals surface area contributed by atoms with Crippen LogP contribution in [0.15, 0.2) is 22.2 Å². The van der Waals surface area contributed by atoms with E-state index in [2.05, 4.69) is 15.4 Å². The molecule has 1 aliphatic carbocycles. The summed E-state index contributed by atoms with van der Waals surface area (Å²) in [5, 5.41) is 13.4. The van der Waals surface area contributed by atoms with Gasteiger partial charge in [0.1, 0.15) is 11.3 Å². The van der Waals surface area contributed by atoms with Crippen molar-refractivity contribution in [3.63, 3.8) is 0 Å². The number of nitrogens with one attached hydrogen (secondary N) is 1. The Morgan fingerprint density at radius 2 is 2.06 bits per heavy atom. The van der Waals surface area contributed by atoms with Crippen LogP contribution in [0.2, 0.25) is 0 Å². The number of hydrogen-bond donors (Lipinski definition) is 3. The zero-order chi connectivity index (χ0) is 26.1. The van der Waals surface area contributed by atoms with E-state index in [4.69, 9.17) is 10.5 Å². The monoisotopic (exact) mass is 502 g/mol. The third-order valence-corrected chi connectivity index (χ3v) is 6.77. The number of halogens is 1. The van der Waals surface area contributed by atoms with Gasteiger partial charge in [0, 0.05) is 50.2 Å². The first-order valence-electron chi connectivity index (χ1n) is 11.9. The molecule has 194 valence electrons. The van der Waals surface area contributed by atoms with Crippen LogP contribution in [0.25, 0.3) is 10.9 Å². The fraction of sp³-hybridized carbons (Fsp3) is 0.500. The first kappa shape index (κ1) is 25.4. The van der Waals surface area contributed by atoms with Crippen molar-refractivity contribution in [3.05, 3.63) is 33.9 Å². The molecule has 12 heteroatoms. The number of carbonyl (C=O) groups excluding carboxylic acids is 1. The number of fused-ring (bicyclic) bond motifs is 1. The Labute approximate surface area is 207 Å². The van der Waals surface area contributed by atoms with Crippen molar-refractivity contribution >= 4 is 34.3 Å². The van der Waals surface area contributed by atoms with Crippen LogP contribution in [0.5, 0.6) is 5.75 Å². The number of amides is 2. The van der Waals surface area contributed by atoms with Gasteiger partial charge in [-0.15, -0.1) is 0 Å². The van der Waals surface area contributed by atoms with Crippen LogP contribution in [0.4, 0.5) is 14.9 Å². The highest BCUT2D eigenvalue weighted by Crippen LogP contribution is 2.44. The van der Waals surface area contributed by atoms with E-state index >= 15 is 4.39 Å². The van der Waals surface area contributed by atoms with Gasteiger partial charge in [-0.3, -0.25) is 9.69 Å². The van der Waals surface area contributed by atoms with Gasteiger partial charge in [-0.1, -0.05) is 0 Å². The van der Waals surface area contributed by atoms with Gasteiger partial charge in [-0.05, 0) is 39.2 Å². The predicted octanol–water partition coefficient (Wildman–Crippen LogP) is 2.13. The number of rotatable bonds is 8. The molecule has 2 aromatic rings. The molecule has 0 spiro atoms. The Morgan fingerprint density at radius 3 is 2.64 bits per heavy atom. The lowest BCUT2D eigenvalue weighted by atomic mass is 10.1. The number of nitrogens with two attached hydrogens (primary N) is 1. The maximum absolute atomic E-state index is 15.5. The van der Waals surface area contributed by atoms with Crippen LogP contribution in [0.3, 0.4) is 0 Å². The van der Waals surface area contributed by atoms with E-state index in [9.17, 15) is 19.5 Å². The van der Waals surface area contributed by atoms with E-state index in [-0.39, 0.29) is 34.5 Å². The first-order valence-corrected chi connectivity index (χ1v) is 11.9. The molecule has 1 unspecified atom stereocenters. The summed E-state index contributed by atoms with van der Waals surface area (Å²) in [4.78, 5) is 39.6. The van der Waals surface area contributed by atoms with Crippen LogP contribution in [-0.4, -0.2) is 71.6 Å². The Kier molecular flexibility index (Phi) is 7.16. The van der Waals surface area contributed by atoms with Crippen molar-refractivity contribution in [1.82, 2.24) is 14.9 Å². The number of carboxylic acids is 1. The number of pyridine rings is 1. The molecule has 2 amide bonds. The van der Waals surface area contributed by atoms with Crippen molar-refractivity contribution in [2.45, 2.75) is 45.2 Å². The van der Waals surface area contributed by atoms with Gasteiger partial charge in [-0.25, -0.2) is 19.4 Å². The van der Waals surface area contributed by atoms with E-state index in [1.165, 1.54) is 13.3 Å². The van der Waals surface area contributed by atoms with Gasteiger partial charge in [0.15, 0.2) is 11.6 Å². The molecule has 2 aliphatic rings. The third-order valence-electron chi connectivity index (χ3n) is 6.77. The Hall–Kier alpha value is -3.67. The average Bonchev–Trinajstić information content (AvgIpc) is 3.67. The molecule has 36 heavy (non-hydrogen) atoms. The molecular formula is C24H31FN6O5. The minimum absolute atomic E-state index is 0.00548. The summed E-state index contributed by atoms with van der Waals surface area (Å²) in [5.74, 6) is -1.72.